The topological polar surface area (TPSA) is 60.7 Å². The number of hydrogen-bond acceptors (Lipinski definition) is 3. The summed E-state index contributed by atoms with van der Waals surface area (Å²) < 4.78 is 0. The number of hydrogen-bond donors (Lipinski definition) is 2. The minimum Gasteiger partial charge on any atom is -0.447 e. The molecule has 1 aromatic heterocycles. The van der Waals surface area contributed by atoms with Crippen LogP contribution in [0.25, 0.3) is 5.43 Å². The normalized spacial score (nSPS) is 20.5. The molecule has 2 heterocycles. The van der Waals surface area contributed by atoms with Gasteiger partial charge in [-0.25, -0.2) is 0 Å². The lowest BCUT2D eigenvalue weighted by Gasteiger charge is -2.27. The van der Waals surface area contributed by atoms with Gasteiger partial charge in [-0.3, -0.25) is 4.98 Å². The van der Waals surface area contributed by atoms with Gasteiger partial charge in [0.1, 0.15) is 5.69 Å². The number of nitrogens with two attached hydrogens (primary N) is 1. The van der Waals surface area contributed by atoms with Crippen LogP contribution in [0.3, 0.4) is 0 Å². The van der Waals surface area contributed by atoms with Crippen molar-refractivity contribution in [1.29, 1.82) is 0 Å². The van der Waals surface area contributed by atoms with Crippen LogP contribution in [-0.2, 0) is 0 Å². The van der Waals surface area contributed by atoms with Crippen LogP contribution in [0, 0.1) is 6.92 Å². The molecule has 3 N–H and O–H groups in total. The molecule has 68 valence electrons. The first-order chi connectivity index (χ1) is 6.29. The molecule has 5 heteroatoms. The van der Waals surface area contributed by atoms with E-state index in [2.05, 4.69) is 10.4 Å². The van der Waals surface area contributed by atoms with Crippen molar-refractivity contribution in [3.05, 3.63) is 41.8 Å². The Bertz CT molecular complexity index is 335. The summed E-state index contributed by atoms with van der Waals surface area (Å²) in [6, 6.07) is 1.94. The van der Waals surface area contributed by atoms with Gasteiger partial charge in [-0.15, -0.1) is 6.20 Å². The predicted molar refractivity (Wildman–Crippen MR) is 49.1 cm³/mol. The van der Waals surface area contributed by atoms with E-state index in [0.717, 1.165) is 11.3 Å². The molecule has 0 bridgehead atoms. The van der Waals surface area contributed by atoms with Crippen molar-refractivity contribution in [2.45, 2.75) is 6.92 Å². The molecule has 0 fully saturated rings. The molecule has 0 amide bonds. The highest BCUT2D eigenvalue weighted by atomic mass is 15.9. The molecule has 1 atom stereocenters. The number of nitrogens with zero attached hydrogens (tertiary/aromatic N) is 3. The Morgan fingerprint density at radius 3 is 3.08 bits per heavy atom. The monoisotopic (exact) mass is 177 g/mol. The molecule has 1 aliphatic rings. The largest absolute Gasteiger partial charge is 0.447 e. The number of aryl methyl sites for hydroxylation is 1. The Hall–Kier alpha value is -1.59. The van der Waals surface area contributed by atoms with Gasteiger partial charge in [-0.1, -0.05) is 0 Å². The van der Waals surface area contributed by atoms with Crippen molar-refractivity contribution in [2.24, 2.45) is 5.84 Å². The Kier molecular flexibility index (Phi) is 1.88. The van der Waals surface area contributed by atoms with E-state index in [0.29, 0.717) is 5.23 Å². The van der Waals surface area contributed by atoms with Gasteiger partial charge in [-0.2, -0.15) is 16.1 Å². The fraction of sp³-hybridized carbons (Fsp3) is 0.125. The maximum absolute atomic E-state index is 5.67. The van der Waals surface area contributed by atoms with Gasteiger partial charge in [-0.05, 0) is 18.6 Å². The fourth-order valence-electron chi connectivity index (χ4n) is 1.23. The second kappa shape index (κ2) is 3.04. The molecule has 13 heavy (non-hydrogen) atoms. The number of rotatable bonds is 1. The molecule has 1 unspecified atom stereocenters. The summed E-state index contributed by atoms with van der Waals surface area (Å²) in [4.78, 5) is 4.04. The van der Waals surface area contributed by atoms with E-state index in [1.165, 1.54) is 0 Å². The third-order valence-corrected chi connectivity index (χ3v) is 1.94. The second-order valence-corrected chi connectivity index (χ2v) is 2.82. The van der Waals surface area contributed by atoms with Gasteiger partial charge in [0, 0.05) is 12.4 Å². The molecular formula is C8H11N5. The predicted octanol–water partition coefficient (Wildman–Crippen LogP) is -0.356. The van der Waals surface area contributed by atoms with E-state index in [1.807, 2.05) is 24.2 Å². The summed E-state index contributed by atoms with van der Waals surface area (Å²) in [7, 11) is 0. The minimum absolute atomic E-state index is 0.483. The smallest absolute Gasteiger partial charge is 0.116 e. The van der Waals surface area contributed by atoms with Gasteiger partial charge in [0.25, 0.3) is 0 Å². The zero-order valence-electron chi connectivity index (χ0n) is 7.31. The first-order valence-corrected chi connectivity index (χ1v) is 3.99. The van der Waals surface area contributed by atoms with Gasteiger partial charge in [0.05, 0.1) is 6.20 Å². The fourth-order valence-corrected chi connectivity index (χ4v) is 1.23. The first-order valence-electron chi connectivity index (χ1n) is 3.99. The summed E-state index contributed by atoms with van der Waals surface area (Å²) in [5.74, 6) is 5.67. The lowest BCUT2D eigenvalue weighted by atomic mass is 10.2. The molecular weight excluding hydrogens is 166 g/mol. The maximum atomic E-state index is 5.67. The van der Waals surface area contributed by atoms with Crippen LogP contribution in [-0.4, -0.2) is 4.98 Å². The standard InChI is InChI=1S/C8H11N5/c1-7-2-3-10-6-8(7)12-5-4-11-13(12)9/h2-6,13H,9H2,1H3. The average Bonchev–Trinajstić information content (AvgIpc) is 2.52. The van der Waals surface area contributed by atoms with Crippen molar-refractivity contribution < 1.29 is 5.23 Å². The zero-order valence-corrected chi connectivity index (χ0v) is 7.31. The lowest BCUT2D eigenvalue weighted by Crippen LogP contribution is -3.18. The first kappa shape index (κ1) is 8.03. The van der Waals surface area contributed by atoms with Crippen molar-refractivity contribution in [2.75, 3.05) is 5.01 Å². The second-order valence-electron chi connectivity index (χ2n) is 2.82. The molecule has 1 aliphatic heterocycles. The summed E-state index contributed by atoms with van der Waals surface area (Å²) in [5, 5.41) is 2.29. The summed E-state index contributed by atoms with van der Waals surface area (Å²) in [6.07, 6.45) is 7.01. The van der Waals surface area contributed by atoms with Crippen LogP contribution in [0.2, 0.25) is 0 Å². The third-order valence-electron chi connectivity index (χ3n) is 1.94. The Balaban J connectivity index is 2.35. The molecule has 1 aromatic rings. The molecule has 0 radical (unpaired) electrons. The highest BCUT2D eigenvalue weighted by Gasteiger charge is 2.13. The van der Waals surface area contributed by atoms with Crippen LogP contribution >= 0.6 is 0 Å². The molecule has 0 saturated heterocycles. The molecule has 2 rings (SSSR count). The average molecular weight is 177 g/mol. The van der Waals surface area contributed by atoms with Crippen molar-refractivity contribution in [3.8, 4) is 0 Å². The van der Waals surface area contributed by atoms with Crippen LogP contribution in [0.15, 0.2) is 30.9 Å². The Morgan fingerprint density at radius 1 is 1.62 bits per heavy atom. The molecule has 0 spiro atoms. The number of pyridine rings is 1. The quantitative estimate of drug-likeness (QED) is 0.576. The Labute approximate surface area is 76.4 Å². The van der Waals surface area contributed by atoms with E-state index in [9.17, 15) is 0 Å². The van der Waals surface area contributed by atoms with E-state index < -0.39 is 0 Å². The van der Waals surface area contributed by atoms with Gasteiger partial charge in [0.2, 0.25) is 0 Å². The summed E-state index contributed by atoms with van der Waals surface area (Å²) in [5.41, 5.74) is 6.04. The highest BCUT2D eigenvalue weighted by Crippen LogP contribution is 2.16. The van der Waals surface area contributed by atoms with E-state index in [1.54, 1.807) is 18.6 Å². The summed E-state index contributed by atoms with van der Waals surface area (Å²) >= 11 is 0. The molecule has 0 aromatic carbocycles. The van der Waals surface area contributed by atoms with Crippen LogP contribution in [0.4, 0.5) is 5.69 Å². The lowest BCUT2D eigenvalue weighted by molar-refractivity contribution is -0.872. The third kappa shape index (κ3) is 1.34. The van der Waals surface area contributed by atoms with Crippen LogP contribution in [0.5, 0.6) is 0 Å². The van der Waals surface area contributed by atoms with Gasteiger partial charge in [0.15, 0.2) is 0 Å². The summed E-state index contributed by atoms with van der Waals surface area (Å²) in [6.45, 7) is 2.01. The number of aromatic nitrogens is 1. The SMILES string of the molecule is Cc1ccncc1N1C=C[N-][NH+]1N. The van der Waals surface area contributed by atoms with E-state index >= 15 is 0 Å². The molecule has 0 aliphatic carbocycles. The van der Waals surface area contributed by atoms with Crippen molar-refractivity contribution >= 4 is 5.69 Å². The molecule has 0 saturated carbocycles. The zero-order chi connectivity index (χ0) is 9.26. The number of anilines is 1. The highest BCUT2D eigenvalue weighted by molar-refractivity contribution is 5.51. The maximum Gasteiger partial charge on any atom is 0.116 e. The minimum atomic E-state index is 0.483. The van der Waals surface area contributed by atoms with E-state index in [-0.39, 0.29) is 0 Å². The number of nitrogens with one attached hydrogen (secondary N) is 1. The van der Waals surface area contributed by atoms with E-state index in [4.69, 9.17) is 5.84 Å². The van der Waals surface area contributed by atoms with Gasteiger partial charge >= 0.3 is 0 Å². The van der Waals surface area contributed by atoms with Gasteiger partial charge < -0.3 is 5.43 Å². The van der Waals surface area contributed by atoms with Crippen molar-refractivity contribution in [3.63, 3.8) is 0 Å². The molecule has 5 nitrogen and oxygen atoms in total. The van der Waals surface area contributed by atoms with Crippen molar-refractivity contribution in [1.82, 2.24) is 4.98 Å². The van der Waals surface area contributed by atoms with Crippen LogP contribution in [0.1, 0.15) is 5.56 Å². The van der Waals surface area contributed by atoms with Crippen LogP contribution < -0.4 is 16.1 Å². The Morgan fingerprint density at radius 2 is 2.46 bits per heavy atom. The number of quaternary nitrogens is 1.